The van der Waals surface area contributed by atoms with Gasteiger partial charge in [-0.05, 0) is 12.1 Å². The lowest BCUT2D eigenvalue weighted by Crippen LogP contribution is -2.49. The Morgan fingerprint density at radius 1 is 1.44 bits per heavy atom. The molecule has 2 rings (SSSR count). The molecular weight excluding hydrogens is 210 g/mol. The molecule has 6 heteroatoms. The topological polar surface area (TPSA) is 71.5 Å². The fraction of sp³-hybridized carbons (Fsp3) is 0.300. The lowest BCUT2D eigenvalue weighted by molar-refractivity contribution is -0.147. The Balaban J connectivity index is 1.87. The molecule has 0 unspecified atom stereocenters. The van der Waals surface area contributed by atoms with E-state index in [1.54, 1.807) is 18.3 Å². The number of nitrogens with one attached hydrogen (secondary N) is 1. The smallest absolute Gasteiger partial charge is 0.276 e. The minimum absolute atomic E-state index is 0.211. The molecule has 0 saturated carbocycles. The molecule has 1 aliphatic heterocycles. The van der Waals surface area contributed by atoms with Gasteiger partial charge in [0.2, 0.25) is 5.91 Å². The number of rotatable bonds is 3. The van der Waals surface area contributed by atoms with Crippen molar-refractivity contribution in [3.8, 4) is 0 Å². The van der Waals surface area contributed by atoms with Gasteiger partial charge in [0.15, 0.2) is 0 Å². The van der Waals surface area contributed by atoms with Crippen LogP contribution in [0.2, 0.25) is 0 Å². The number of nitrogens with zero attached hydrogens (tertiary/aromatic N) is 2. The first-order valence-corrected chi connectivity index (χ1v) is 4.90. The average molecular weight is 221 g/mol. The van der Waals surface area contributed by atoms with Gasteiger partial charge in [-0.2, -0.15) is 0 Å². The van der Waals surface area contributed by atoms with E-state index in [9.17, 15) is 9.59 Å². The Kier molecular flexibility index (Phi) is 3.11. The maximum atomic E-state index is 11.3. The summed E-state index contributed by atoms with van der Waals surface area (Å²) in [4.78, 5) is 31.4. The van der Waals surface area contributed by atoms with Crippen LogP contribution < -0.4 is 5.32 Å². The number of hydroxylamine groups is 2. The summed E-state index contributed by atoms with van der Waals surface area (Å²) in [6.07, 6.45) is 1.91. The first-order valence-electron chi connectivity index (χ1n) is 4.90. The monoisotopic (exact) mass is 221 g/mol. The molecule has 0 atom stereocenters. The SMILES string of the molecule is O=C1CCN(OCc2ccccn2)C(=O)N1. The third-order valence-electron chi connectivity index (χ3n) is 2.11. The molecule has 1 aromatic heterocycles. The Bertz CT molecular complexity index is 394. The number of hydrogen-bond donors (Lipinski definition) is 1. The van der Waals surface area contributed by atoms with Gasteiger partial charge >= 0.3 is 6.03 Å². The fourth-order valence-corrected chi connectivity index (χ4v) is 1.30. The van der Waals surface area contributed by atoms with Gasteiger partial charge in [-0.25, -0.2) is 9.86 Å². The number of hydrogen-bond acceptors (Lipinski definition) is 4. The van der Waals surface area contributed by atoms with Crippen LogP contribution in [0.5, 0.6) is 0 Å². The zero-order valence-corrected chi connectivity index (χ0v) is 8.55. The van der Waals surface area contributed by atoms with E-state index in [1.165, 1.54) is 0 Å². The number of amides is 3. The number of carbonyl (C=O) groups excluding carboxylic acids is 2. The van der Waals surface area contributed by atoms with Crippen LogP contribution in [0.4, 0.5) is 4.79 Å². The lowest BCUT2D eigenvalue weighted by Gasteiger charge is -2.25. The van der Waals surface area contributed by atoms with E-state index in [4.69, 9.17) is 4.84 Å². The van der Waals surface area contributed by atoms with Crippen molar-refractivity contribution in [3.63, 3.8) is 0 Å². The maximum absolute atomic E-state index is 11.3. The van der Waals surface area contributed by atoms with Crippen LogP contribution in [0.25, 0.3) is 0 Å². The lowest BCUT2D eigenvalue weighted by atomic mass is 10.3. The fourth-order valence-electron chi connectivity index (χ4n) is 1.30. The highest BCUT2D eigenvalue weighted by atomic mass is 16.7. The number of pyridine rings is 1. The molecule has 1 fully saturated rings. The quantitative estimate of drug-likeness (QED) is 0.804. The third-order valence-corrected chi connectivity index (χ3v) is 2.11. The highest BCUT2D eigenvalue weighted by Gasteiger charge is 2.23. The van der Waals surface area contributed by atoms with Crippen molar-refractivity contribution in [3.05, 3.63) is 30.1 Å². The Hall–Kier alpha value is -1.95. The predicted octanol–water partition coefficient (Wildman–Crippen LogP) is 0.455. The molecule has 0 spiro atoms. The van der Waals surface area contributed by atoms with Gasteiger partial charge in [-0.15, -0.1) is 0 Å². The predicted molar refractivity (Wildman–Crippen MR) is 53.9 cm³/mol. The van der Waals surface area contributed by atoms with E-state index in [-0.39, 0.29) is 25.5 Å². The summed E-state index contributed by atoms with van der Waals surface area (Å²) in [6, 6.07) is 4.92. The van der Waals surface area contributed by atoms with Crippen LogP contribution in [0.15, 0.2) is 24.4 Å². The molecule has 0 aromatic carbocycles. The van der Waals surface area contributed by atoms with Crippen LogP contribution in [0.3, 0.4) is 0 Å². The van der Waals surface area contributed by atoms with Crippen LogP contribution in [0.1, 0.15) is 12.1 Å². The van der Waals surface area contributed by atoms with Crippen LogP contribution in [-0.2, 0) is 16.2 Å². The molecule has 1 aliphatic rings. The molecule has 0 radical (unpaired) electrons. The summed E-state index contributed by atoms with van der Waals surface area (Å²) < 4.78 is 0. The second-order valence-electron chi connectivity index (χ2n) is 3.30. The van der Waals surface area contributed by atoms with Crippen LogP contribution in [0, 0.1) is 0 Å². The summed E-state index contributed by atoms with van der Waals surface area (Å²) in [5.41, 5.74) is 0.729. The second-order valence-corrected chi connectivity index (χ2v) is 3.30. The zero-order chi connectivity index (χ0) is 11.4. The van der Waals surface area contributed by atoms with Gasteiger partial charge in [-0.3, -0.25) is 19.9 Å². The zero-order valence-electron chi connectivity index (χ0n) is 8.55. The Morgan fingerprint density at radius 2 is 2.31 bits per heavy atom. The maximum Gasteiger partial charge on any atom is 0.347 e. The molecular formula is C10H11N3O3. The van der Waals surface area contributed by atoms with Crippen molar-refractivity contribution in [2.75, 3.05) is 6.54 Å². The molecule has 1 N–H and O–H groups in total. The molecule has 2 heterocycles. The highest BCUT2D eigenvalue weighted by Crippen LogP contribution is 2.04. The van der Waals surface area contributed by atoms with Gasteiger partial charge in [0.25, 0.3) is 0 Å². The summed E-state index contributed by atoms with van der Waals surface area (Å²) >= 11 is 0. The van der Waals surface area contributed by atoms with Crippen molar-refractivity contribution >= 4 is 11.9 Å². The molecule has 0 aliphatic carbocycles. The second kappa shape index (κ2) is 4.71. The minimum Gasteiger partial charge on any atom is -0.276 e. The molecule has 16 heavy (non-hydrogen) atoms. The number of imide groups is 1. The van der Waals surface area contributed by atoms with Crippen molar-refractivity contribution in [2.45, 2.75) is 13.0 Å². The van der Waals surface area contributed by atoms with Gasteiger partial charge in [-0.1, -0.05) is 6.07 Å². The first kappa shape index (κ1) is 10.6. The molecule has 84 valence electrons. The molecule has 1 saturated heterocycles. The van der Waals surface area contributed by atoms with Crippen molar-refractivity contribution < 1.29 is 14.4 Å². The summed E-state index contributed by atoms with van der Waals surface area (Å²) in [5.74, 6) is -0.275. The Morgan fingerprint density at radius 3 is 3.00 bits per heavy atom. The van der Waals surface area contributed by atoms with Crippen LogP contribution in [-0.4, -0.2) is 28.5 Å². The van der Waals surface area contributed by atoms with Crippen LogP contribution >= 0.6 is 0 Å². The van der Waals surface area contributed by atoms with Gasteiger partial charge in [0.05, 0.1) is 12.2 Å². The standard InChI is InChI=1S/C10H11N3O3/c14-9-4-6-13(10(15)12-9)16-7-8-3-1-2-5-11-8/h1-3,5H,4,6-7H2,(H,12,14,15). The highest BCUT2D eigenvalue weighted by molar-refractivity contribution is 5.96. The van der Waals surface area contributed by atoms with E-state index >= 15 is 0 Å². The van der Waals surface area contributed by atoms with E-state index in [2.05, 4.69) is 10.3 Å². The van der Waals surface area contributed by atoms with Crippen molar-refractivity contribution in [1.29, 1.82) is 0 Å². The first-order chi connectivity index (χ1) is 7.75. The number of carbonyl (C=O) groups is 2. The Labute approximate surface area is 92.2 Å². The normalized spacial score (nSPS) is 16.1. The summed E-state index contributed by atoms with van der Waals surface area (Å²) in [6.45, 7) is 0.486. The third kappa shape index (κ3) is 2.54. The number of aromatic nitrogens is 1. The van der Waals surface area contributed by atoms with Gasteiger partial charge in [0.1, 0.15) is 6.61 Å². The van der Waals surface area contributed by atoms with Crippen molar-refractivity contribution in [1.82, 2.24) is 15.4 Å². The molecule has 1 aromatic rings. The molecule has 6 nitrogen and oxygen atoms in total. The van der Waals surface area contributed by atoms with Gasteiger partial charge < -0.3 is 0 Å². The summed E-state index contributed by atoms with van der Waals surface area (Å²) in [7, 11) is 0. The van der Waals surface area contributed by atoms with Gasteiger partial charge in [0, 0.05) is 12.6 Å². The molecule has 3 amide bonds. The van der Waals surface area contributed by atoms with E-state index in [0.717, 1.165) is 10.8 Å². The minimum atomic E-state index is -0.521. The average Bonchev–Trinajstić information content (AvgIpc) is 2.29. The molecule has 0 bridgehead atoms. The van der Waals surface area contributed by atoms with E-state index in [1.807, 2.05) is 6.07 Å². The summed E-state index contributed by atoms with van der Waals surface area (Å²) in [5, 5.41) is 3.30. The van der Waals surface area contributed by atoms with Crippen molar-refractivity contribution in [2.24, 2.45) is 0 Å². The van der Waals surface area contributed by atoms with E-state index in [0.29, 0.717) is 0 Å². The van der Waals surface area contributed by atoms with E-state index < -0.39 is 6.03 Å². The number of urea groups is 1. The largest absolute Gasteiger partial charge is 0.347 e.